The molecule has 0 spiro atoms. The molecule has 0 aliphatic heterocycles. The van der Waals surface area contributed by atoms with Crippen molar-refractivity contribution in [3.8, 4) is 28.5 Å². The van der Waals surface area contributed by atoms with Crippen LogP contribution >= 0.6 is 0 Å². The monoisotopic (exact) mass is 554 g/mol. The highest BCUT2D eigenvalue weighted by Crippen LogP contribution is 2.28. The molecule has 1 heterocycles. The minimum atomic E-state index is -0.395. The molecule has 2 N–H and O–H groups in total. The number of benzene rings is 3. The highest BCUT2D eigenvalue weighted by Gasteiger charge is 2.11. The lowest BCUT2D eigenvalue weighted by Gasteiger charge is -2.11. The number of carbonyl (C=O) groups excluding carboxylic acids is 1. The average molecular weight is 555 g/mol. The maximum atomic E-state index is 12.6. The van der Waals surface area contributed by atoms with Gasteiger partial charge in [-0.15, -0.1) is 0 Å². The lowest BCUT2D eigenvalue weighted by atomic mass is 10.1. The summed E-state index contributed by atoms with van der Waals surface area (Å²) in [6, 6.07) is 24.8. The summed E-state index contributed by atoms with van der Waals surface area (Å²) in [6.45, 7) is 3.35. The number of hydrogen-bond acceptors (Lipinski definition) is 6. The first kappa shape index (κ1) is 29.4. The maximum Gasteiger partial charge on any atom is 0.289 e. The Balaban J connectivity index is 1.27. The smallest absolute Gasteiger partial charge is 0.289 e. The average Bonchev–Trinajstić information content (AvgIpc) is 3.51. The lowest BCUT2D eigenvalue weighted by molar-refractivity contribution is 0.0950. The van der Waals surface area contributed by atoms with E-state index in [9.17, 15) is 4.79 Å². The van der Waals surface area contributed by atoms with Crippen LogP contribution in [0.4, 0.5) is 0 Å². The van der Waals surface area contributed by atoms with Gasteiger partial charge in [0.15, 0.2) is 11.5 Å². The first-order valence-electron chi connectivity index (χ1n) is 14.1. The van der Waals surface area contributed by atoms with Crippen molar-refractivity contribution >= 4 is 12.1 Å². The molecule has 3 aromatic carbocycles. The molecule has 0 aliphatic rings. The fourth-order valence-electron chi connectivity index (χ4n) is 4.23. The number of nitrogens with zero attached hydrogens (tertiary/aromatic N) is 2. The summed E-state index contributed by atoms with van der Waals surface area (Å²) in [4.78, 5) is 12.6. The summed E-state index contributed by atoms with van der Waals surface area (Å²) in [6.07, 6.45) is 8.95. The van der Waals surface area contributed by atoms with Gasteiger partial charge in [-0.25, -0.2) is 5.43 Å². The van der Waals surface area contributed by atoms with E-state index in [0.29, 0.717) is 29.5 Å². The molecule has 4 aromatic rings. The molecule has 8 heteroatoms. The van der Waals surface area contributed by atoms with Gasteiger partial charge in [-0.05, 0) is 66.1 Å². The largest absolute Gasteiger partial charge is 0.494 e. The minimum absolute atomic E-state index is 0.308. The molecule has 0 atom stereocenters. The highest BCUT2D eigenvalue weighted by molar-refractivity contribution is 5.94. The molecule has 1 aromatic heterocycles. The van der Waals surface area contributed by atoms with Crippen LogP contribution in [0.25, 0.3) is 11.3 Å². The molecule has 41 heavy (non-hydrogen) atoms. The van der Waals surface area contributed by atoms with E-state index in [0.717, 1.165) is 35.5 Å². The number of rotatable bonds is 16. The minimum Gasteiger partial charge on any atom is -0.494 e. The predicted octanol–water partition coefficient (Wildman–Crippen LogP) is 7.17. The quantitative estimate of drug-likeness (QED) is 0.0869. The van der Waals surface area contributed by atoms with Gasteiger partial charge in [-0.2, -0.15) is 10.2 Å². The number of hydrogen-bond donors (Lipinski definition) is 2. The Morgan fingerprint density at radius 2 is 1.68 bits per heavy atom. The number of amides is 1. The van der Waals surface area contributed by atoms with Gasteiger partial charge in [0.25, 0.3) is 5.91 Å². The first-order valence-corrected chi connectivity index (χ1v) is 14.1. The van der Waals surface area contributed by atoms with E-state index < -0.39 is 5.91 Å². The molecule has 8 nitrogen and oxygen atoms in total. The van der Waals surface area contributed by atoms with E-state index in [1.807, 2.05) is 66.7 Å². The molecule has 0 saturated heterocycles. The van der Waals surface area contributed by atoms with Crippen molar-refractivity contribution in [1.29, 1.82) is 0 Å². The molecule has 0 unspecified atom stereocenters. The van der Waals surface area contributed by atoms with Crippen LogP contribution in [0.15, 0.2) is 84.0 Å². The van der Waals surface area contributed by atoms with Crippen molar-refractivity contribution < 1.29 is 19.0 Å². The van der Waals surface area contributed by atoms with Gasteiger partial charge in [0.05, 0.1) is 25.6 Å². The third kappa shape index (κ3) is 9.24. The van der Waals surface area contributed by atoms with Crippen LogP contribution in [0.5, 0.6) is 17.2 Å². The van der Waals surface area contributed by atoms with Crippen LogP contribution in [-0.2, 0) is 6.61 Å². The summed E-state index contributed by atoms with van der Waals surface area (Å²) >= 11 is 0. The molecular weight excluding hydrogens is 516 g/mol. The molecule has 1 amide bonds. The Morgan fingerprint density at radius 3 is 2.46 bits per heavy atom. The number of unbranched alkanes of at least 4 members (excludes halogenated alkanes) is 5. The molecule has 4 rings (SSSR count). The van der Waals surface area contributed by atoms with Gasteiger partial charge in [0, 0.05) is 5.56 Å². The second kappa shape index (κ2) is 15.9. The Kier molecular flexibility index (Phi) is 11.4. The summed E-state index contributed by atoms with van der Waals surface area (Å²) in [5.74, 6) is 1.64. The van der Waals surface area contributed by atoms with Gasteiger partial charge in [0.1, 0.15) is 18.1 Å². The van der Waals surface area contributed by atoms with E-state index >= 15 is 0 Å². The Bertz CT molecular complexity index is 1380. The van der Waals surface area contributed by atoms with Crippen molar-refractivity contribution in [2.24, 2.45) is 5.10 Å². The summed E-state index contributed by atoms with van der Waals surface area (Å²) in [5, 5.41) is 11.2. The third-order valence-corrected chi connectivity index (χ3v) is 6.54. The number of methoxy groups -OCH3 is 1. The summed E-state index contributed by atoms with van der Waals surface area (Å²) in [5.41, 5.74) is 6.19. The number of H-pyrrole nitrogens is 1. The van der Waals surface area contributed by atoms with Crippen LogP contribution in [0, 0.1) is 0 Å². The Hall–Kier alpha value is -4.59. The molecule has 0 radical (unpaired) electrons. The number of nitrogens with one attached hydrogen (secondary N) is 2. The van der Waals surface area contributed by atoms with Crippen molar-refractivity contribution in [2.75, 3.05) is 13.7 Å². The van der Waals surface area contributed by atoms with E-state index in [1.54, 1.807) is 25.5 Å². The second-order valence-electron chi connectivity index (χ2n) is 9.69. The normalized spacial score (nSPS) is 11.0. The Morgan fingerprint density at radius 1 is 0.902 bits per heavy atom. The highest BCUT2D eigenvalue weighted by atomic mass is 16.5. The van der Waals surface area contributed by atoms with E-state index in [-0.39, 0.29) is 0 Å². The van der Waals surface area contributed by atoms with Gasteiger partial charge in [-0.1, -0.05) is 69.4 Å². The third-order valence-electron chi connectivity index (χ3n) is 6.54. The first-order chi connectivity index (χ1) is 20.2. The zero-order valence-electron chi connectivity index (χ0n) is 23.8. The fraction of sp³-hybridized carbons (Fsp3) is 0.303. The number of aromatic amines is 1. The SMILES string of the molecule is CCCCCCCCOc1ccc(-c2cc(C(=O)NN=Cc3ccc(OC)c(OCc4ccccc4)c3)[nH]n2)cc1. The second-order valence-corrected chi connectivity index (χ2v) is 9.69. The van der Waals surface area contributed by atoms with E-state index in [2.05, 4.69) is 27.6 Å². The van der Waals surface area contributed by atoms with Crippen LogP contribution in [0.1, 0.15) is 67.1 Å². The summed E-state index contributed by atoms with van der Waals surface area (Å²) < 4.78 is 17.2. The van der Waals surface area contributed by atoms with Gasteiger partial charge in [-0.3, -0.25) is 9.89 Å². The zero-order chi connectivity index (χ0) is 28.7. The lowest BCUT2D eigenvalue weighted by Crippen LogP contribution is -2.18. The van der Waals surface area contributed by atoms with Gasteiger partial charge in [0.2, 0.25) is 0 Å². The number of aromatic nitrogens is 2. The van der Waals surface area contributed by atoms with Crippen molar-refractivity contribution in [3.63, 3.8) is 0 Å². The topological polar surface area (TPSA) is 97.8 Å². The van der Waals surface area contributed by atoms with E-state index in [1.165, 1.54) is 32.1 Å². The molecular formula is C33H38N4O4. The number of ether oxygens (including phenoxy) is 3. The van der Waals surface area contributed by atoms with Crippen molar-refractivity contribution in [3.05, 3.63) is 95.7 Å². The van der Waals surface area contributed by atoms with Gasteiger partial charge >= 0.3 is 0 Å². The number of carbonyl (C=O) groups is 1. The molecule has 214 valence electrons. The molecule has 0 aliphatic carbocycles. The predicted molar refractivity (Wildman–Crippen MR) is 162 cm³/mol. The van der Waals surface area contributed by atoms with Crippen LogP contribution in [0.2, 0.25) is 0 Å². The maximum absolute atomic E-state index is 12.6. The number of hydrazone groups is 1. The summed E-state index contributed by atoms with van der Waals surface area (Å²) in [7, 11) is 1.59. The molecule has 0 bridgehead atoms. The Labute approximate surface area is 241 Å². The van der Waals surface area contributed by atoms with Crippen molar-refractivity contribution in [1.82, 2.24) is 15.6 Å². The van der Waals surface area contributed by atoms with Crippen molar-refractivity contribution in [2.45, 2.75) is 52.1 Å². The molecule has 0 saturated carbocycles. The standard InChI is InChI=1S/C33H38N4O4/c1-3-4-5-6-7-11-20-40-28-17-15-27(16-18-28)29-22-30(36-35-29)33(38)37-34-23-26-14-19-31(39-2)32(21-26)41-24-25-12-9-8-10-13-25/h8-10,12-19,21-23H,3-7,11,20,24H2,1-2H3,(H,35,36)(H,37,38). The molecule has 0 fully saturated rings. The fourth-order valence-corrected chi connectivity index (χ4v) is 4.23. The van der Waals surface area contributed by atoms with Crippen LogP contribution < -0.4 is 19.6 Å². The van der Waals surface area contributed by atoms with Crippen LogP contribution in [0.3, 0.4) is 0 Å². The van der Waals surface area contributed by atoms with Gasteiger partial charge < -0.3 is 14.2 Å². The van der Waals surface area contributed by atoms with Crippen LogP contribution in [-0.4, -0.2) is 36.0 Å². The zero-order valence-corrected chi connectivity index (χ0v) is 23.8. The van der Waals surface area contributed by atoms with E-state index in [4.69, 9.17) is 14.2 Å².